The van der Waals surface area contributed by atoms with Crippen LogP contribution in [0.3, 0.4) is 0 Å². The smallest absolute Gasteiger partial charge is 0.182 e. The van der Waals surface area contributed by atoms with Crippen LogP contribution >= 0.6 is 27.5 Å². The van der Waals surface area contributed by atoms with E-state index in [9.17, 15) is 13.2 Å². The van der Waals surface area contributed by atoms with Gasteiger partial charge in [0.05, 0.1) is 10.1 Å². The summed E-state index contributed by atoms with van der Waals surface area (Å²) < 4.78 is 26.3. The summed E-state index contributed by atoms with van der Waals surface area (Å²) >= 11 is 9.14. The summed E-state index contributed by atoms with van der Waals surface area (Å²) in [5.41, 5.74) is 0.864. The highest BCUT2D eigenvalue weighted by Crippen LogP contribution is 2.52. The second-order valence-electron chi connectivity index (χ2n) is 5.25. The van der Waals surface area contributed by atoms with Gasteiger partial charge in [-0.3, -0.25) is 0 Å². The lowest BCUT2D eigenvalue weighted by molar-refractivity contribution is -0.108. The van der Waals surface area contributed by atoms with Crippen molar-refractivity contribution in [1.29, 1.82) is 0 Å². The van der Waals surface area contributed by atoms with Crippen LogP contribution in [0.4, 0.5) is 0 Å². The normalized spacial score (nSPS) is 24.0. The van der Waals surface area contributed by atoms with Crippen LogP contribution in [0.2, 0.25) is 5.02 Å². The van der Waals surface area contributed by atoms with Crippen molar-refractivity contribution in [2.24, 2.45) is 5.92 Å². The quantitative estimate of drug-likeness (QED) is 0.734. The summed E-state index contributed by atoms with van der Waals surface area (Å²) in [6.45, 7) is 0. The second kappa shape index (κ2) is 5.80. The van der Waals surface area contributed by atoms with Crippen LogP contribution in [0.1, 0.15) is 11.5 Å². The van der Waals surface area contributed by atoms with Crippen LogP contribution in [-0.2, 0) is 14.6 Å². The molecule has 0 N–H and O–H groups in total. The lowest BCUT2D eigenvalue weighted by atomic mass is 10.1. The monoisotopic (exact) mass is 398 g/mol. The van der Waals surface area contributed by atoms with Crippen LogP contribution < -0.4 is 0 Å². The molecular weight excluding hydrogens is 388 g/mol. The first-order valence-electron chi connectivity index (χ1n) is 6.65. The maximum atomic E-state index is 12.7. The lowest BCUT2D eigenvalue weighted by Crippen LogP contribution is -2.11. The van der Waals surface area contributed by atoms with Gasteiger partial charge in [0, 0.05) is 21.3 Å². The van der Waals surface area contributed by atoms with Crippen molar-refractivity contribution in [2.45, 2.75) is 16.1 Å². The van der Waals surface area contributed by atoms with E-state index in [2.05, 4.69) is 15.9 Å². The summed E-state index contributed by atoms with van der Waals surface area (Å²) in [6.07, 6.45) is 0.741. The summed E-state index contributed by atoms with van der Waals surface area (Å²) in [7, 11) is -3.55. The Morgan fingerprint density at radius 1 is 1.00 bits per heavy atom. The molecule has 3 nitrogen and oxygen atoms in total. The molecule has 0 radical (unpaired) electrons. The van der Waals surface area contributed by atoms with Gasteiger partial charge in [0.25, 0.3) is 0 Å². The minimum atomic E-state index is -3.55. The van der Waals surface area contributed by atoms with Crippen LogP contribution in [0, 0.1) is 5.92 Å². The molecule has 1 aliphatic rings. The molecule has 0 spiro atoms. The van der Waals surface area contributed by atoms with Crippen molar-refractivity contribution in [3.63, 3.8) is 0 Å². The summed E-state index contributed by atoms with van der Waals surface area (Å²) in [6, 6.07) is 13.4. The van der Waals surface area contributed by atoms with Gasteiger partial charge in [-0.2, -0.15) is 0 Å². The number of aldehydes is 1. The van der Waals surface area contributed by atoms with Gasteiger partial charge in [-0.05, 0) is 42.0 Å². The number of hydrogen-bond acceptors (Lipinski definition) is 3. The van der Waals surface area contributed by atoms with Crippen molar-refractivity contribution in [3.05, 3.63) is 63.6 Å². The fourth-order valence-electron chi connectivity index (χ4n) is 2.75. The molecule has 3 rings (SSSR count). The first-order valence-corrected chi connectivity index (χ1v) is 9.37. The largest absolute Gasteiger partial charge is 0.303 e. The maximum Gasteiger partial charge on any atom is 0.182 e. The Hall–Kier alpha value is -1.17. The first-order chi connectivity index (χ1) is 10.4. The van der Waals surface area contributed by atoms with E-state index < -0.39 is 21.0 Å². The number of carbonyl (C=O) groups is 1. The molecule has 3 atom stereocenters. The van der Waals surface area contributed by atoms with Gasteiger partial charge in [-0.15, -0.1) is 0 Å². The zero-order valence-electron chi connectivity index (χ0n) is 11.3. The van der Waals surface area contributed by atoms with E-state index in [1.54, 1.807) is 12.1 Å². The molecule has 0 aromatic heterocycles. The molecule has 0 bridgehead atoms. The number of rotatable bonds is 4. The summed E-state index contributed by atoms with van der Waals surface area (Å²) in [4.78, 5) is 11.5. The molecule has 0 unspecified atom stereocenters. The Morgan fingerprint density at radius 2 is 1.59 bits per heavy atom. The summed E-state index contributed by atoms with van der Waals surface area (Å²) in [5.74, 6) is -0.784. The molecule has 1 aliphatic carbocycles. The van der Waals surface area contributed by atoms with E-state index in [4.69, 9.17) is 11.6 Å². The molecule has 22 heavy (non-hydrogen) atoms. The number of halogens is 2. The van der Waals surface area contributed by atoms with Crippen LogP contribution in [0.15, 0.2) is 57.9 Å². The first kappa shape index (κ1) is 15.7. The van der Waals surface area contributed by atoms with Gasteiger partial charge < -0.3 is 4.79 Å². The fraction of sp³-hybridized carbons (Fsp3) is 0.188. The number of hydrogen-bond donors (Lipinski definition) is 0. The Kier molecular flexibility index (Phi) is 4.14. The van der Waals surface area contributed by atoms with Gasteiger partial charge in [-0.25, -0.2) is 8.42 Å². The van der Waals surface area contributed by atoms with Crippen molar-refractivity contribution in [1.82, 2.24) is 0 Å². The number of sulfone groups is 1. The molecule has 0 saturated heterocycles. The van der Waals surface area contributed by atoms with Crippen molar-refractivity contribution >= 4 is 43.7 Å². The van der Waals surface area contributed by atoms with E-state index in [1.807, 2.05) is 24.3 Å². The Balaban J connectivity index is 1.95. The molecule has 1 fully saturated rings. The molecule has 114 valence electrons. The van der Waals surface area contributed by atoms with Crippen LogP contribution in [-0.4, -0.2) is 20.0 Å². The van der Waals surface area contributed by atoms with Crippen molar-refractivity contribution < 1.29 is 13.2 Å². The number of carbonyl (C=O) groups excluding carboxylic acids is 1. The van der Waals surface area contributed by atoms with Gasteiger partial charge >= 0.3 is 0 Å². The summed E-state index contributed by atoms with van der Waals surface area (Å²) in [5, 5.41) is -0.224. The van der Waals surface area contributed by atoms with Crippen molar-refractivity contribution in [3.8, 4) is 0 Å². The van der Waals surface area contributed by atoms with Gasteiger partial charge in [0.2, 0.25) is 0 Å². The third-order valence-electron chi connectivity index (χ3n) is 3.92. The Morgan fingerprint density at radius 3 is 2.14 bits per heavy atom. The second-order valence-corrected chi connectivity index (χ2v) is 8.71. The highest BCUT2D eigenvalue weighted by molar-refractivity contribution is 9.10. The van der Waals surface area contributed by atoms with Crippen LogP contribution in [0.25, 0.3) is 0 Å². The molecular formula is C16H12BrClO3S. The zero-order valence-corrected chi connectivity index (χ0v) is 14.5. The average Bonchev–Trinajstić information content (AvgIpc) is 3.24. The maximum absolute atomic E-state index is 12.7. The molecule has 0 aliphatic heterocycles. The van der Waals surface area contributed by atoms with E-state index >= 15 is 0 Å². The Bertz CT molecular complexity index is 800. The van der Waals surface area contributed by atoms with Crippen LogP contribution in [0.5, 0.6) is 0 Å². The molecule has 0 amide bonds. The van der Waals surface area contributed by atoms with Gasteiger partial charge in [-0.1, -0.05) is 39.7 Å². The lowest BCUT2D eigenvalue weighted by Gasteiger charge is -2.04. The highest BCUT2D eigenvalue weighted by Gasteiger charge is 2.58. The fourth-order valence-corrected chi connectivity index (χ4v) is 5.25. The standard InChI is InChI=1S/C16H12BrClO3S/c17-11-3-1-10(2-4-11)15-14(9-19)16(15)22(20,21)13-7-5-12(18)6-8-13/h1-9,14-16H/t14-,15-,16+/m1/s1. The Labute approximate surface area is 142 Å². The topological polar surface area (TPSA) is 51.2 Å². The van der Waals surface area contributed by atoms with E-state index in [-0.39, 0.29) is 10.8 Å². The third-order valence-corrected chi connectivity index (χ3v) is 6.95. The molecule has 2 aromatic carbocycles. The van der Waals surface area contributed by atoms with E-state index in [0.717, 1.165) is 16.3 Å². The third kappa shape index (κ3) is 2.73. The predicted molar refractivity (Wildman–Crippen MR) is 88.9 cm³/mol. The van der Waals surface area contributed by atoms with Crippen molar-refractivity contribution in [2.75, 3.05) is 0 Å². The van der Waals surface area contributed by atoms with Gasteiger partial charge in [0.1, 0.15) is 6.29 Å². The van der Waals surface area contributed by atoms with Gasteiger partial charge in [0.15, 0.2) is 9.84 Å². The van der Waals surface area contributed by atoms with E-state index in [1.165, 1.54) is 12.1 Å². The molecule has 6 heteroatoms. The minimum absolute atomic E-state index is 0.202. The predicted octanol–water partition coefficient (Wildman–Crippen LogP) is 3.86. The zero-order chi connectivity index (χ0) is 15.9. The highest BCUT2D eigenvalue weighted by atomic mass is 79.9. The SMILES string of the molecule is O=C[C@@H]1[C@@H](c2ccc(Br)cc2)[C@H]1S(=O)(=O)c1ccc(Cl)cc1. The average molecular weight is 400 g/mol. The molecule has 1 saturated carbocycles. The van der Waals surface area contributed by atoms with E-state index in [0.29, 0.717) is 5.02 Å². The molecule has 0 heterocycles. The minimum Gasteiger partial charge on any atom is -0.303 e. The number of benzene rings is 2. The molecule has 2 aromatic rings.